The molecule has 0 saturated carbocycles. The molecule has 14 heavy (non-hydrogen) atoms. The highest BCUT2D eigenvalue weighted by atomic mass is 32.1. The molecule has 0 unspecified atom stereocenters. The van der Waals surface area contributed by atoms with Crippen molar-refractivity contribution in [3.05, 3.63) is 46.7 Å². The molecule has 0 saturated heterocycles. The van der Waals surface area contributed by atoms with Crippen LogP contribution in [0.4, 0.5) is 0 Å². The van der Waals surface area contributed by atoms with Gasteiger partial charge in [0.05, 0.1) is 0 Å². The fourth-order valence-corrected chi connectivity index (χ4v) is 1.97. The molecule has 2 aromatic rings. The van der Waals surface area contributed by atoms with Crippen LogP contribution in [0.1, 0.15) is 19.4 Å². The summed E-state index contributed by atoms with van der Waals surface area (Å²) in [7, 11) is 0. The summed E-state index contributed by atoms with van der Waals surface area (Å²) in [5, 5.41) is 4.30. The highest BCUT2D eigenvalue weighted by Crippen LogP contribution is 2.24. The second-order valence-corrected chi connectivity index (χ2v) is 3.61. The normalized spacial score (nSPS) is 9.07. The van der Waals surface area contributed by atoms with Gasteiger partial charge in [-0.05, 0) is 40.4 Å². The highest BCUT2D eigenvalue weighted by molar-refractivity contribution is 7.08. The Labute approximate surface area is 90.2 Å². The van der Waals surface area contributed by atoms with Crippen LogP contribution < -0.4 is 0 Å². The average Bonchev–Trinajstić information content (AvgIpc) is 2.75. The maximum atomic E-state index is 2.18. The van der Waals surface area contributed by atoms with E-state index in [9.17, 15) is 0 Å². The van der Waals surface area contributed by atoms with Crippen LogP contribution in [0.5, 0.6) is 0 Å². The topological polar surface area (TPSA) is 0 Å². The monoisotopic (exact) mass is 204 g/mol. The molecule has 1 aromatic heterocycles. The molecule has 0 aliphatic rings. The van der Waals surface area contributed by atoms with Crippen molar-refractivity contribution in [3.63, 3.8) is 0 Å². The molecule has 1 heterocycles. The van der Waals surface area contributed by atoms with Crippen molar-refractivity contribution in [2.45, 2.75) is 20.8 Å². The van der Waals surface area contributed by atoms with Gasteiger partial charge in [-0.15, -0.1) is 0 Å². The first kappa shape index (κ1) is 11.0. The Balaban J connectivity index is 0.000000461. The van der Waals surface area contributed by atoms with Crippen molar-refractivity contribution in [3.8, 4) is 11.1 Å². The minimum Gasteiger partial charge on any atom is -0.152 e. The maximum Gasteiger partial charge on any atom is -0.00146 e. The van der Waals surface area contributed by atoms with Crippen molar-refractivity contribution in [1.82, 2.24) is 0 Å². The number of benzene rings is 1. The summed E-state index contributed by atoms with van der Waals surface area (Å²) in [6.45, 7) is 6.15. The van der Waals surface area contributed by atoms with Gasteiger partial charge in [0.2, 0.25) is 0 Å². The second kappa shape index (κ2) is 5.61. The summed E-state index contributed by atoms with van der Waals surface area (Å²) in [5.41, 5.74) is 4.02. The molecule has 0 fully saturated rings. The van der Waals surface area contributed by atoms with Gasteiger partial charge in [-0.3, -0.25) is 0 Å². The van der Waals surface area contributed by atoms with E-state index in [1.807, 2.05) is 13.8 Å². The Kier molecular flexibility index (Phi) is 4.41. The molecule has 0 aliphatic carbocycles. The Morgan fingerprint density at radius 2 is 1.71 bits per heavy atom. The van der Waals surface area contributed by atoms with Crippen LogP contribution >= 0.6 is 11.3 Å². The van der Waals surface area contributed by atoms with Gasteiger partial charge in [0, 0.05) is 0 Å². The van der Waals surface area contributed by atoms with Crippen LogP contribution in [0.2, 0.25) is 0 Å². The van der Waals surface area contributed by atoms with Crippen LogP contribution in [0.25, 0.3) is 11.1 Å². The molecule has 2 rings (SSSR count). The molecule has 0 amide bonds. The first-order valence-corrected chi connectivity index (χ1v) is 5.90. The van der Waals surface area contributed by atoms with Crippen molar-refractivity contribution in [2.75, 3.05) is 0 Å². The second-order valence-electron chi connectivity index (χ2n) is 2.83. The Hall–Kier alpha value is -1.08. The molecule has 74 valence electrons. The minimum atomic E-state index is 1.33. The maximum absolute atomic E-state index is 2.18. The summed E-state index contributed by atoms with van der Waals surface area (Å²) in [6, 6.07) is 10.6. The van der Waals surface area contributed by atoms with Gasteiger partial charge in [0.15, 0.2) is 0 Å². The van der Waals surface area contributed by atoms with Crippen LogP contribution in [0.3, 0.4) is 0 Å². The lowest BCUT2D eigenvalue weighted by molar-refractivity contribution is 1.47. The fraction of sp³-hybridized carbons (Fsp3) is 0.231. The van der Waals surface area contributed by atoms with E-state index < -0.39 is 0 Å². The molecular weight excluding hydrogens is 188 g/mol. The largest absolute Gasteiger partial charge is 0.152 e. The first-order chi connectivity index (χ1) is 6.88. The number of rotatable bonds is 1. The number of thiophene rings is 1. The van der Waals surface area contributed by atoms with E-state index in [2.05, 4.69) is 48.0 Å². The molecule has 1 aromatic carbocycles. The first-order valence-electron chi connectivity index (χ1n) is 4.96. The van der Waals surface area contributed by atoms with Crippen molar-refractivity contribution in [2.24, 2.45) is 0 Å². The smallest absolute Gasteiger partial charge is 0.00146 e. The van der Waals surface area contributed by atoms with Crippen LogP contribution in [-0.2, 0) is 0 Å². The van der Waals surface area contributed by atoms with E-state index in [1.165, 1.54) is 16.7 Å². The van der Waals surface area contributed by atoms with E-state index in [-0.39, 0.29) is 0 Å². The lowest BCUT2D eigenvalue weighted by Gasteiger charge is -2.01. The van der Waals surface area contributed by atoms with Gasteiger partial charge in [-0.25, -0.2) is 0 Å². The number of aryl methyl sites for hydroxylation is 1. The fourth-order valence-electron chi connectivity index (χ4n) is 1.31. The molecule has 0 atom stereocenters. The lowest BCUT2D eigenvalue weighted by Crippen LogP contribution is -1.78. The van der Waals surface area contributed by atoms with Crippen LogP contribution in [0.15, 0.2) is 41.1 Å². The van der Waals surface area contributed by atoms with Gasteiger partial charge in [-0.2, -0.15) is 11.3 Å². The summed E-state index contributed by atoms with van der Waals surface area (Å²) >= 11 is 1.74. The Morgan fingerprint density at radius 3 is 2.29 bits per heavy atom. The Morgan fingerprint density at radius 1 is 1.00 bits per heavy atom. The zero-order valence-corrected chi connectivity index (χ0v) is 9.77. The van der Waals surface area contributed by atoms with Gasteiger partial charge in [-0.1, -0.05) is 38.1 Å². The van der Waals surface area contributed by atoms with E-state index in [4.69, 9.17) is 0 Å². The third kappa shape index (κ3) is 2.46. The molecular formula is C13H16S. The highest BCUT2D eigenvalue weighted by Gasteiger charge is 1.99. The summed E-state index contributed by atoms with van der Waals surface area (Å²) in [6.07, 6.45) is 0. The summed E-state index contributed by atoms with van der Waals surface area (Å²) < 4.78 is 0. The zero-order chi connectivity index (χ0) is 10.4. The third-order valence-corrected chi connectivity index (χ3v) is 2.66. The molecule has 0 radical (unpaired) electrons. The Bertz CT molecular complexity index is 360. The predicted octanol–water partition coefficient (Wildman–Crippen LogP) is 4.75. The number of hydrogen-bond acceptors (Lipinski definition) is 1. The van der Waals surface area contributed by atoms with E-state index in [0.29, 0.717) is 0 Å². The molecule has 0 bridgehead atoms. The van der Waals surface area contributed by atoms with E-state index >= 15 is 0 Å². The molecule has 0 N–H and O–H groups in total. The van der Waals surface area contributed by atoms with Crippen molar-refractivity contribution in [1.29, 1.82) is 0 Å². The lowest BCUT2D eigenvalue weighted by atomic mass is 10.0. The quantitative estimate of drug-likeness (QED) is 0.629. The van der Waals surface area contributed by atoms with E-state index in [0.717, 1.165) is 0 Å². The molecule has 0 spiro atoms. The van der Waals surface area contributed by atoms with Gasteiger partial charge in [0.1, 0.15) is 0 Å². The number of hydrogen-bond donors (Lipinski definition) is 0. The summed E-state index contributed by atoms with van der Waals surface area (Å²) in [4.78, 5) is 0. The van der Waals surface area contributed by atoms with E-state index in [1.54, 1.807) is 11.3 Å². The molecule has 0 nitrogen and oxygen atoms in total. The van der Waals surface area contributed by atoms with Crippen LogP contribution in [0, 0.1) is 6.92 Å². The average molecular weight is 204 g/mol. The minimum absolute atomic E-state index is 1.33. The zero-order valence-electron chi connectivity index (χ0n) is 8.95. The molecule has 0 aliphatic heterocycles. The third-order valence-electron chi connectivity index (χ3n) is 1.98. The van der Waals surface area contributed by atoms with Crippen molar-refractivity contribution < 1.29 is 0 Å². The van der Waals surface area contributed by atoms with Gasteiger partial charge in [0.25, 0.3) is 0 Å². The summed E-state index contributed by atoms with van der Waals surface area (Å²) in [5.74, 6) is 0. The standard InChI is InChI=1S/C11H10S.C2H6/c1-9-4-2-3-5-11(9)10-6-7-12-8-10;1-2/h2-8H,1H3;1-2H3. The van der Waals surface area contributed by atoms with Gasteiger partial charge < -0.3 is 0 Å². The van der Waals surface area contributed by atoms with Gasteiger partial charge >= 0.3 is 0 Å². The predicted molar refractivity (Wildman–Crippen MR) is 65.8 cm³/mol. The van der Waals surface area contributed by atoms with Crippen molar-refractivity contribution >= 4 is 11.3 Å². The van der Waals surface area contributed by atoms with Crippen LogP contribution in [-0.4, -0.2) is 0 Å². The molecule has 1 heteroatoms. The SMILES string of the molecule is CC.Cc1ccccc1-c1ccsc1.